The maximum Gasteiger partial charge on any atom is 0.227 e. The molecule has 0 radical (unpaired) electrons. The van der Waals surface area contributed by atoms with Crippen molar-refractivity contribution < 1.29 is 4.74 Å². The molecule has 2 aromatic rings. The lowest BCUT2D eigenvalue weighted by atomic mass is 10.0. The Morgan fingerprint density at radius 2 is 1.70 bits per heavy atom. The Kier molecular flexibility index (Phi) is 4.23. The molecule has 2 rings (SSSR count). The van der Waals surface area contributed by atoms with Gasteiger partial charge in [0.05, 0.1) is 5.56 Å². The molecule has 0 aliphatic rings. The van der Waals surface area contributed by atoms with Crippen molar-refractivity contribution in [3.63, 3.8) is 0 Å². The third-order valence-electron chi connectivity index (χ3n) is 3.20. The molecule has 0 unspecified atom stereocenters. The molecule has 1 aromatic carbocycles. The molecule has 1 aromatic heterocycles. The van der Waals surface area contributed by atoms with Gasteiger partial charge in [0.15, 0.2) is 0 Å². The number of hydrogen-bond acceptors (Lipinski definition) is 4. The summed E-state index contributed by atoms with van der Waals surface area (Å²) in [4.78, 5) is 8.29. The first-order valence-corrected chi connectivity index (χ1v) is 6.87. The summed E-state index contributed by atoms with van der Waals surface area (Å²) in [6, 6.07) is 8.00. The highest BCUT2D eigenvalue weighted by atomic mass is 16.5. The molecule has 0 saturated heterocycles. The molecule has 2 N–H and O–H groups in total. The number of nitrogens with two attached hydrogens (primary N) is 1. The minimum absolute atomic E-state index is 0.206. The van der Waals surface area contributed by atoms with Crippen molar-refractivity contribution >= 4 is 5.82 Å². The Balaban J connectivity index is 2.43. The number of benzene rings is 1. The maximum atomic E-state index is 6.01. The molecular formula is C16H21N3O. The Morgan fingerprint density at radius 3 is 2.35 bits per heavy atom. The second kappa shape index (κ2) is 5.90. The summed E-state index contributed by atoms with van der Waals surface area (Å²) in [7, 11) is 0. The summed E-state index contributed by atoms with van der Waals surface area (Å²) in [6.45, 7) is 8.38. The predicted octanol–water partition coefficient (Wildman–Crippen LogP) is 4.10. The van der Waals surface area contributed by atoms with E-state index in [9.17, 15) is 0 Å². The molecule has 0 spiro atoms. The fourth-order valence-electron chi connectivity index (χ4n) is 2.17. The summed E-state index contributed by atoms with van der Waals surface area (Å²) in [5.41, 5.74) is 7.95. The van der Waals surface area contributed by atoms with E-state index in [1.807, 2.05) is 18.2 Å². The number of aromatic nitrogens is 2. The number of rotatable bonds is 4. The van der Waals surface area contributed by atoms with Gasteiger partial charge in [0.25, 0.3) is 0 Å². The average molecular weight is 271 g/mol. The van der Waals surface area contributed by atoms with Gasteiger partial charge in [0.1, 0.15) is 17.9 Å². The molecule has 0 fully saturated rings. The van der Waals surface area contributed by atoms with Crippen molar-refractivity contribution in [2.75, 3.05) is 5.73 Å². The van der Waals surface area contributed by atoms with Crippen molar-refractivity contribution in [2.24, 2.45) is 0 Å². The van der Waals surface area contributed by atoms with Gasteiger partial charge in [-0.1, -0.05) is 45.9 Å². The Labute approximate surface area is 120 Å². The van der Waals surface area contributed by atoms with Crippen LogP contribution in [0.2, 0.25) is 0 Å². The van der Waals surface area contributed by atoms with Crippen LogP contribution in [0.15, 0.2) is 30.6 Å². The quantitative estimate of drug-likeness (QED) is 0.909. The SMILES string of the molecule is CC(C)c1ccccc1Oc1ncnc(N)c1C(C)C. The second-order valence-electron chi connectivity index (χ2n) is 5.43. The van der Waals surface area contributed by atoms with Gasteiger partial charge in [-0.3, -0.25) is 0 Å². The van der Waals surface area contributed by atoms with Crippen LogP contribution in [0.5, 0.6) is 11.6 Å². The Hall–Kier alpha value is -2.10. The van der Waals surface area contributed by atoms with Crippen LogP contribution in [-0.2, 0) is 0 Å². The lowest BCUT2D eigenvalue weighted by Crippen LogP contribution is -2.05. The lowest BCUT2D eigenvalue weighted by molar-refractivity contribution is 0.444. The molecule has 4 heteroatoms. The van der Waals surface area contributed by atoms with E-state index in [-0.39, 0.29) is 5.92 Å². The highest BCUT2D eigenvalue weighted by Crippen LogP contribution is 2.34. The molecule has 4 nitrogen and oxygen atoms in total. The summed E-state index contributed by atoms with van der Waals surface area (Å²) < 4.78 is 6.01. The minimum Gasteiger partial charge on any atom is -0.438 e. The topological polar surface area (TPSA) is 61.0 Å². The van der Waals surface area contributed by atoms with Gasteiger partial charge in [-0.25, -0.2) is 9.97 Å². The zero-order valence-electron chi connectivity index (χ0n) is 12.4. The minimum atomic E-state index is 0.206. The van der Waals surface area contributed by atoms with Crippen molar-refractivity contribution in [1.82, 2.24) is 9.97 Å². The highest BCUT2D eigenvalue weighted by Gasteiger charge is 2.16. The van der Waals surface area contributed by atoms with Crippen LogP contribution in [0, 0.1) is 0 Å². The van der Waals surface area contributed by atoms with E-state index in [0.717, 1.165) is 16.9 Å². The van der Waals surface area contributed by atoms with Crippen LogP contribution in [0.4, 0.5) is 5.82 Å². The summed E-state index contributed by atoms with van der Waals surface area (Å²) in [6.07, 6.45) is 1.44. The van der Waals surface area contributed by atoms with Gasteiger partial charge in [-0.05, 0) is 23.5 Å². The van der Waals surface area contributed by atoms with E-state index in [0.29, 0.717) is 17.6 Å². The van der Waals surface area contributed by atoms with Crippen molar-refractivity contribution in [3.05, 3.63) is 41.7 Å². The molecule has 0 aliphatic heterocycles. The number of nitrogens with zero attached hydrogens (tertiary/aromatic N) is 2. The third kappa shape index (κ3) is 2.90. The number of ether oxygens (including phenoxy) is 1. The zero-order valence-corrected chi connectivity index (χ0v) is 12.4. The number of nitrogen functional groups attached to an aromatic ring is 1. The van der Waals surface area contributed by atoms with Gasteiger partial charge in [0.2, 0.25) is 5.88 Å². The van der Waals surface area contributed by atoms with E-state index in [2.05, 4.69) is 43.7 Å². The van der Waals surface area contributed by atoms with Crippen molar-refractivity contribution in [1.29, 1.82) is 0 Å². The average Bonchev–Trinajstić information content (AvgIpc) is 2.38. The van der Waals surface area contributed by atoms with Crippen molar-refractivity contribution in [3.8, 4) is 11.6 Å². The van der Waals surface area contributed by atoms with E-state index in [1.165, 1.54) is 6.33 Å². The number of para-hydroxylation sites is 1. The van der Waals surface area contributed by atoms with Crippen LogP contribution in [0.1, 0.15) is 50.7 Å². The standard InChI is InChI=1S/C16H21N3O/c1-10(2)12-7-5-6-8-13(12)20-16-14(11(3)4)15(17)18-9-19-16/h5-11H,1-4H3,(H2,17,18,19). The normalized spacial score (nSPS) is 11.1. The second-order valence-corrected chi connectivity index (χ2v) is 5.43. The van der Waals surface area contributed by atoms with E-state index >= 15 is 0 Å². The molecule has 0 atom stereocenters. The molecular weight excluding hydrogens is 250 g/mol. The summed E-state index contributed by atoms with van der Waals surface area (Å²) in [5.74, 6) is 2.43. The van der Waals surface area contributed by atoms with Crippen LogP contribution in [0.25, 0.3) is 0 Å². The maximum absolute atomic E-state index is 6.01. The van der Waals surface area contributed by atoms with Gasteiger partial charge >= 0.3 is 0 Å². The van der Waals surface area contributed by atoms with Crippen LogP contribution >= 0.6 is 0 Å². The largest absolute Gasteiger partial charge is 0.438 e. The Bertz CT molecular complexity index is 594. The molecule has 20 heavy (non-hydrogen) atoms. The summed E-state index contributed by atoms with van der Waals surface area (Å²) in [5, 5.41) is 0. The highest BCUT2D eigenvalue weighted by molar-refractivity contribution is 5.49. The van der Waals surface area contributed by atoms with Gasteiger partial charge < -0.3 is 10.5 Å². The molecule has 0 aliphatic carbocycles. The first kappa shape index (κ1) is 14.3. The zero-order chi connectivity index (χ0) is 14.7. The molecule has 1 heterocycles. The monoisotopic (exact) mass is 271 g/mol. The molecule has 0 saturated carbocycles. The van der Waals surface area contributed by atoms with Gasteiger partial charge in [-0.15, -0.1) is 0 Å². The van der Waals surface area contributed by atoms with Gasteiger partial charge in [0, 0.05) is 0 Å². The smallest absolute Gasteiger partial charge is 0.227 e. The van der Waals surface area contributed by atoms with Crippen LogP contribution in [-0.4, -0.2) is 9.97 Å². The summed E-state index contributed by atoms with van der Waals surface area (Å²) >= 11 is 0. The lowest BCUT2D eigenvalue weighted by Gasteiger charge is -2.17. The Morgan fingerprint density at radius 1 is 1.00 bits per heavy atom. The fourth-order valence-corrected chi connectivity index (χ4v) is 2.17. The van der Waals surface area contributed by atoms with E-state index in [1.54, 1.807) is 0 Å². The first-order valence-electron chi connectivity index (χ1n) is 6.87. The molecule has 0 bridgehead atoms. The number of hydrogen-bond donors (Lipinski definition) is 1. The van der Waals surface area contributed by atoms with E-state index in [4.69, 9.17) is 10.5 Å². The van der Waals surface area contributed by atoms with Crippen LogP contribution < -0.4 is 10.5 Å². The van der Waals surface area contributed by atoms with Crippen molar-refractivity contribution in [2.45, 2.75) is 39.5 Å². The molecule has 0 amide bonds. The van der Waals surface area contributed by atoms with Crippen LogP contribution in [0.3, 0.4) is 0 Å². The third-order valence-corrected chi connectivity index (χ3v) is 3.20. The first-order chi connectivity index (χ1) is 9.50. The van der Waals surface area contributed by atoms with Gasteiger partial charge in [-0.2, -0.15) is 0 Å². The number of anilines is 1. The predicted molar refractivity (Wildman–Crippen MR) is 81.1 cm³/mol. The molecule has 106 valence electrons. The van der Waals surface area contributed by atoms with E-state index < -0.39 is 0 Å². The fraction of sp³-hybridized carbons (Fsp3) is 0.375.